The molecule has 0 radical (unpaired) electrons. The summed E-state index contributed by atoms with van der Waals surface area (Å²) < 4.78 is 43.0. The Kier molecular flexibility index (Phi) is 10.5. The number of carboxylic acids is 1. The van der Waals surface area contributed by atoms with Gasteiger partial charge in [-0.05, 0) is 47.6 Å². The van der Waals surface area contributed by atoms with Crippen LogP contribution in [0.4, 0.5) is 13.2 Å². The highest BCUT2D eigenvalue weighted by Crippen LogP contribution is 2.46. The zero-order chi connectivity index (χ0) is 24.6. The Labute approximate surface area is 187 Å². The predicted molar refractivity (Wildman–Crippen MR) is 114 cm³/mol. The number of hydrogen-bond acceptors (Lipinski definition) is 5. The number of nitrogens with two attached hydrogens (primary N) is 1. The lowest BCUT2D eigenvalue weighted by atomic mass is 9.90. The third kappa shape index (κ3) is 8.33. The molecule has 3 atom stereocenters. The number of carbonyl (C=O) groups is 2. The molecule has 6 nitrogen and oxygen atoms in total. The summed E-state index contributed by atoms with van der Waals surface area (Å²) in [5.41, 5.74) is 8.30. The highest BCUT2D eigenvalue weighted by molar-refractivity contribution is 5.75. The first-order valence-electron chi connectivity index (χ1n) is 10.8. The molecule has 1 saturated carbocycles. The van der Waals surface area contributed by atoms with Gasteiger partial charge in [-0.2, -0.15) is 13.2 Å². The summed E-state index contributed by atoms with van der Waals surface area (Å²) in [6.07, 6.45) is -1.67. The molecule has 2 rings (SSSR count). The van der Waals surface area contributed by atoms with E-state index < -0.39 is 24.2 Å². The van der Waals surface area contributed by atoms with Gasteiger partial charge < -0.3 is 20.3 Å². The monoisotopic (exact) mass is 461 g/mol. The van der Waals surface area contributed by atoms with Crippen LogP contribution >= 0.6 is 0 Å². The van der Waals surface area contributed by atoms with Crippen LogP contribution in [-0.4, -0.2) is 36.1 Å². The van der Waals surface area contributed by atoms with Gasteiger partial charge in [0.05, 0.1) is 0 Å². The molecule has 3 N–H and O–H groups in total. The van der Waals surface area contributed by atoms with Gasteiger partial charge in [-0.15, -0.1) is 0 Å². The van der Waals surface area contributed by atoms with E-state index in [2.05, 4.69) is 39.0 Å². The van der Waals surface area contributed by atoms with Gasteiger partial charge in [-0.1, -0.05) is 59.2 Å². The normalized spacial score (nSPS) is 16.4. The fourth-order valence-electron chi connectivity index (χ4n) is 3.13. The Morgan fingerprint density at radius 3 is 2.12 bits per heavy atom. The second kappa shape index (κ2) is 12.1. The van der Waals surface area contributed by atoms with Crippen molar-refractivity contribution in [1.29, 1.82) is 0 Å². The molecule has 0 spiro atoms. The number of halogens is 3. The number of ether oxygens (including phenoxy) is 2. The smallest absolute Gasteiger partial charge is 0.475 e. The third-order valence-electron chi connectivity index (χ3n) is 5.69. The largest absolute Gasteiger partial charge is 0.490 e. The van der Waals surface area contributed by atoms with Crippen molar-refractivity contribution in [3.8, 4) is 5.75 Å². The Morgan fingerprint density at radius 2 is 1.69 bits per heavy atom. The van der Waals surface area contributed by atoms with Crippen molar-refractivity contribution in [1.82, 2.24) is 0 Å². The molecule has 1 aromatic rings. The van der Waals surface area contributed by atoms with E-state index in [-0.39, 0.29) is 12.7 Å². The summed E-state index contributed by atoms with van der Waals surface area (Å²) in [5.74, 6) is -0.624. The molecule has 1 fully saturated rings. The number of carboxylic acid groups (broad SMARTS) is 1. The maximum absolute atomic E-state index is 12.1. The number of aliphatic carboxylic acids is 1. The summed E-state index contributed by atoms with van der Waals surface area (Å²) in [7, 11) is 0. The molecule has 32 heavy (non-hydrogen) atoms. The molecule has 9 heteroatoms. The lowest BCUT2D eigenvalue weighted by Crippen LogP contribution is -2.38. The molecule has 1 aromatic carbocycles. The SMILES string of the molecule is CCC(C)[C@H](N)C(=O)OCOc1c(C(C)C)cccc1[C@H](C)C1CC1.O=C(O)C(F)(F)F. The fraction of sp³-hybridized carbons (Fsp3) is 0.652. The van der Waals surface area contributed by atoms with Crippen molar-refractivity contribution in [2.45, 2.75) is 77.9 Å². The summed E-state index contributed by atoms with van der Waals surface area (Å²) in [5, 5.41) is 7.12. The summed E-state index contributed by atoms with van der Waals surface area (Å²) in [6.45, 7) is 10.4. The van der Waals surface area contributed by atoms with Crippen molar-refractivity contribution in [2.75, 3.05) is 6.79 Å². The molecule has 1 unspecified atom stereocenters. The van der Waals surface area contributed by atoms with Gasteiger partial charge in [0.1, 0.15) is 11.8 Å². The lowest BCUT2D eigenvalue weighted by Gasteiger charge is -2.22. The van der Waals surface area contributed by atoms with Gasteiger partial charge in [0, 0.05) is 0 Å². The first-order valence-corrected chi connectivity index (χ1v) is 10.8. The highest BCUT2D eigenvalue weighted by Gasteiger charge is 2.38. The number of hydrogen-bond donors (Lipinski definition) is 2. The van der Waals surface area contributed by atoms with Crippen LogP contribution in [0.25, 0.3) is 0 Å². The summed E-state index contributed by atoms with van der Waals surface area (Å²) in [4.78, 5) is 21.0. The fourth-order valence-corrected chi connectivity index (χ4v) is 3.13. The first kappa shape index (κ1) is 27.7. The minimum atomic E-state index is -5.08. The molecule has 1 aliphatic carbocycles. The number of esters is 1. The van der Waals surface area contributed by atoms with Gasteiger partial charge >= 0.3 is 18.1 Å². The number of benzene rings is 1. The zero-order valence-corrected chi connectivity index (χ0v) is 19.2. The van der Waals surface area contributed by atoms with Crippen LogP contribution in [0.15, 0.2) is 18.2 Å². The molecule has 1 aliphatic rings. The molecule has 0 bridgehead atoms. The second-order valence-electron chi connectivity index (χ2n) is 8.49. The van der Waals surface area contributed by atoms with E-state index in [4.69, 9.17) is 25.1 Å². The van der Waals surface area contributed by atoms with Crippen molar-refractivity contribution in [2.24, 2.45) is 17.6 Å². The van der Waals surface area contributed by atoms with E-state index in [1.807, 2.05) is 13.8 Å². The van der Waals surface area contributed by atoms with E-state index in [0.717, 1.165) is 23.7 Å². The Morgan fingerprint density at radius 1 is 1.16 bits per heavy atom. The first-order chi connectivity index (χ1) is 14.8. The molecule has 182 valence electrons. The number of rotatable bonds is 9. The van der Waals surface area contributed by atoms with Gasteiger partial charge in [-0.3, -0.25) is 4.79 Å². The summed E-state index contributed by atoms with van der Waals surface area (Å²) >= 11 is 0. The predicted octanol–water partition coefficient (Wildman–Crippen LogP) is 5.21. The molecule has 0 saturated heterocycles. The average molecular weight is 462 g/mol. The van der Waals surface area contributed by atoms with Crippen LogP contribution in [0.1, 0.15) is 76.8 Å². The van der Waals surface area contributed by atoms with Crippen LogP contribution in [0.2, 0.25) is 0 Å². The maximum atomic E-state index is 12.1. The highest BCUT2D eigenvalue weighted by atomic mass is 19.4. The van der Waals surface area contributed by atoms with Crippen LogP contribution in [0, 0.1) is 11.8 Å². The molecule has 0 aliphatic heterocycles. The molecular weight excluding hydrogens is 427 g/mol. The molecule has 0 aromatic heterocycles. The van der Waals surface area contributed by atoms with Crippen LogP contribution in [0.3, 0.4) is 0 Å². The standard InChI is InChI=1S/C21H33NO3.C2HF3O2/c1-6-14(4)19(22)21(23)25-12-24-20-17(13(2)3)8-7-9-18(20)15(5)16-10-11-16;3-2(4,5)1(6)7/h7-9,13-16,19H,6,10-12,22H2,1-5H3;(H,6,7)/t14?,15-,19+;/m1./s1. The van der Waals surface area contributed by atoms with Crippen molar-refractivity contribution >= 4 is 11.9 Å². The van der Waals surface area contributed by atoms with Crippen molar-refractivity contribution in [3.63, 3.8) is 0 Å². The third-order valence-corrected chi connectivity index (χ3v) is 5.69. The zero-order valence-electron chi connectivity index (χ0n) is 19.2. The minimum absolute atomic E-state index is 0.0862. The van der Waals surface area contributed by atoms with E-state index in [9.17, 15) is 18.0 Å². The molecule has 0 amide bonds. The van der Waals surface area contributed by atoms with Crippen LogP contribution in [0.5, 0.6) is 5.75 Å². The topological polar surface area (TPSA) is 98.9 Å². The minimum Gasteiger partial charge on any atom is -0.475 e. The van der Waals surface area contributed by atoms with Gasteiger partial charge in [0.15, 0.2) is 0 Å². The van der Waals surface area contributed by atoms with Gasteiger partial charge in [0.2, 0.25) is 6.79 Å². The van der Waals surface area contributed by atoms with E-state index in [1.54, 1.807) is 0 Å². The van der Waals surface area contributed by atoms with Crippen molar-refractivity contribution in [3.05, 3.63) is 29.3 Å². The second-order valence-corrected chi connectivity index (χ2v) is 8.49. The van der Waals surface area contributed by atoms with E-state index in [1.165, 1.54) is 18.4 Å². The maximum Gasteiger partial charge on any atom is 0.490 e. The quantitative estimate of drug-likeness (QED) is 0.387. The number of carbonyl (C=O) groups excluding carboxylic acids is 1. The average Bonchev–Trinajstić information content (AvgIpc) is 3.57. The Balaban J connectivity index is 0.000000633. The van der Waals surface area contributed by atoms with E-state index >= 15 is 0 Å². The molecule has 0 heterocycles. The number of alkyl halides is 3. The Hall–Kier alpha value is -2.29. The van der Waals surface area contributed by atoms with E-state index in [0.29, 0.717) is 11.8 Å². The summed E-state index contributed by atoms with van der Waals surface area (Å²) in [6, 6.07) is 5.73. The van der Waals surface area contributed by atoms with Gasteiger partial charge in [0.25, 0.3) is 0 Å². The van der Waals surface area contributed by atoms with Crippen LogP contribution in [-0.2, 0) is 14.3 Å². The van der Waals surface area contributed by atoms with Gasteiger partial charge in [-0.25, -0.2) is 4.79 Å². The number of para-hydroxylation sites is 1. The molecular formula is C23H34F3NO5. The lowest BCUT2D eigenvalue weighted by molar-refractivity contribution is -0.192. The Bertz CT molecular complexity index is 762. The van der Waals surface area contributed by atoms with Crippen LogP contribution < -0.4 is 10.5 Å². The van der Waals surface area contributed by atoms with Crippen molar-refractivity contribution < 1.29 is 37.3 Å².